The highest BCUT2D eigenvalue weighted by molar-refractivity contribution is 6.05. The van der Waals surface area contributed by atoms with Crippen LogP contribution < -0.4 is 25.8 Å². The Morgan fingerprint density at radius 1 is 1.08 bits per heavy atom. The minimum absolute atomic E-state index is 0.132. The quantitative estimate of drug-likeness (QED) is 0.350. The fraction of sp³-hybridized carbons (Fsp3) is 0.130. The number of amides is 2. The summed E-state index contributed by atoms with van der Waals surface area (Å²) in [4.78, 5) is 29.0. The van der Waals surface area contributed by atoms with Crippen molar-refractivity contribution in [1.29, 1.82) is 0 Å². The Morgan fingerprint density at radius 3 is 2.53 bits per heavy atom. The Bertz CT molecular complexity index is 1490. The van der Waals surface area contributed by atoms with E-state index in [2.05, 4.69) is 30.2 Å². The number of nitrogens with two attached hydrogens (primary N) is 1. The Kier molecular flexibility index (Phi) is 5.51. The summed E-state index contributed by atoms with van der Waals surface area (Å²) in [7, 11) is 0. The van der Waals surface area contributed by atoms with Gasteiger partial charge in [0, 0.05) is 29.2 Å². The van der Waals surface area contributed by atoms with Gasteiger partial charge in [0.15, 0.2) is 17.3 Å². The Morgan fingerprint density at radius 2 is 1.78 bits per heavy atom. The lowest BCUT2D eigenvalue weighted by Crippen LogP contribution is -2.25. The molecule has 184 valence electrons. The Labute approximate surface area is 201 Å². The summed E-state index contributed by atoms with van der Waals surface area (Å²) in [6, 6.07) is 9.87. The third-order valence-corrected chi connectivity index (χ3v) is 5.19. The molecule has 5 rings (SSSR count). The van der Waals surface area contributed by atoms with E-state index < -0.39 is 18.3 Å². The van der Waals surface area contributed by atoms with Crippen molar-refractivity contribution in [2.75, 3.05) is 23.0 Å². The van der Waals surface area contributed by atoms with Gasteiger partial charge in [0.05, 0.1) is 12.2 Å². The van der Waals surface area contributed by atoms with E-state index in [1.54, 1.807) is 31.2 Å². The SMILES string of the molecule is CCOC(=O)c1cn2ncnc(N)c2c1-c1ccc(NC(=O)Nc2ccc3c(c2)OC(F)(F)O3)cc1. The van der Waals surface area contributed by atoms with Crippen molar-refractivity contribution in [3.8, 4) is 22.6 Å². The third-order valence-electron chi connectivity index (χ3n) is 5.19. The van der Waals surface area contributed by atoms with Gasteiger partial charge < -0.3 is 30.6 Å². The molecule has 4 aromatic rings. The number of esters is 1. The predicted molar refractivity (Wildman–Crippen MR) is 124 cm³/mol. The molecule has 36 heavy (non-hydrogen) atoms. The van der Waals surface area contributed by atoms with Crippen molar-refractivity contribution in [1.82, 2.24) is 14.6 Å². The minimum atomic E-state index is -3.75. The van der Waals surface area contributed by atoms with Crippen molar-refractivity contribution in [3.05, 3.63) is 60.6 Å². The number of anilines is 3. The second kappa shape index (κ2) is 8.69. The van der Waals surface area contributed by atoms with Gasteiger partial charge in [-0.1, -0.05) is 12.1 Å². The van der Waals surface area contributed by atoms with E-state index in [0.717, 1.165) is 0 Å². The number of carbonyl (C=O) groups excluding carboxylic acids is 2. The van der Waals surface area contributed by atoms with E-state index in [4.69, 9.17) is 10.5 Å². The number of nitrogens with one attached hydrogen (secondary N) is 2. The third kappa shape index (κ3) is 4.29. The number of alkyl halides is 2. The van der Waals surface area contributed by atoms with Crippen molar-refractivity contribution in [2.24, 2.45) is 0 Å². The number of halogens is 2. The number of hydrogen-bond donors (Lipinski definition) is 3. The van der Waals surface area contributed by atoms with Gasteiger partial charge in [0.2, 0.25) is 0 Å². The lowest BCUT2D eigenvalue weighted by molar-refractivity contribution is -0.286. The summed E-state index contributed by atoms with van der Waals surface area (Å²) in [6.45, 7) is 1.89. The highest BCUT2D eigenvalue weighted by atomic mass is 19.3. The normalized spacial score (nSPS) is 13.4. The maximum atomic E-state index is 13.2. The maximum Gasteiger partial charge on any atom is 0.586 e. The van der Waals surface area contributed by atoms with Crippen LogP contribution in [0.3, 0.4) is 0 Å². The first-order valence-corrected chi connectivity index (χ1v) is 10.6. The molecule has 2 amide bonds. The molecule has 0 radical (unpaired) electrons. The van der Waals surface area contributed by atoms with Gasteiger partial charge >= 0.3 is 18.3 Å². The number of nitrogen functional groups attached to an aromatic ring is 1. The van der Waals surface area contributed by atoms with Crippen LogP contribution in [0.1, 0.15) is 17.3 Å². The van der Waals surface area contributed by atoms with Gasteiger partial charge in [0.25, 0.3) is 0 Å². The molecular weight excluding hydrogens is 478 g/mol. The standard InChI is InChI=1S/C23H18F2N6O5/c1-2-34-21(32)15-10-31-19(20(26)27-11-28-31)18(15)12-3-5-13(6-4-12)29-22(33)30-14-7-8-16-17(9-14)36-23(24,25)35-16/h3-11H,2H2,1H3,(H2,26,27,28)(H2,29,30,33). The van der Waals surface area contributed by atoms with E-state index in [-0.39, 0.29) is 35.2 Å². The average molecular weight is 496 g/mol. The fourth-order valence-corrected chi connectivity index (χ4v) is 3.73. The van der Waals surface area contributed by atoms with Crippen molar-refractivity contribution in [2.45, 2.75) is 13.2 Å². The smallest absolute Gasteiger partial charge is 0.462 e. The van der Waals surface area contributed by atoms with Crippen LogP contribution in [-0.2, 0) is 4.74 Å². The monoisotopic (exact) mass is 496 g/mol. The second-order valence-corrected chi connectivity index (χ2v) is 7.56. The number of ether oxygens (including phenoxy) is 3. The van der Waals surface area contributed by atoms with Crippen molar-refractivity contribution < 1.29 is 32.6 Å². The van der Waals surface area contributed by atoms with E-state index in [0.29, 0.717) is 22.3 Å². The van der Waals surface area contributed by atoms with Crippen LogP contribution in [0.4, 0.5) is 30.8 Å². The van der Waals surface area contributed by atoms with Crippen LogP contribution in [0.2, 0.25) is 0 Å². The number of carbonyl (C=O) groups is 2. The van der Waals surface area contributed by atoms with Gasteiger partial charge in [-0.25, -0.2) is 19.1 Å². The summed E-state index contributed by atoms with van der Waals surface area (Å²) in [5.41, 5.74) is 8.50. The molecule has 1 aliphatic rings. The predicted octanol–water partition coefficient (Wildman–Crippen LogP) is 4.12. The Balaban J connectivity index is 1.36. The first-order chi connectivity index (χ1) is 17.2. The first kappa shape index (κ1) is 22.8. The molecule has 0 bridgehead atoms. The summed E-state index contributed by atoms with van der Waals surface area (Å²) < 4.78 is 41.7. The zero-order valence-electron chi connectivity index (χ0n) is 18.6. The van der Waals surface area contributed by atoms with Crippen LogP contribution in [0.25, 0.3) is 16.6 Å². The number of nitrogens with zero attached hydrogens (tertiary/aromatic N) is 3. The van der Waals surface area contributed by atoms with Gasteiger partial charge in [-0.3, -0.25) is 0 Å². The second-order valence-electron chi connectivity index (χ2n) is 7.56. The number of fused-ring (bicyclic) bond motifs is 2. The molecule has 1 aliphatic heterocycles. The van der Waals surface area contributed by atoms with Crippen LogP contribution >= 0.6 is 0 Å². The summed E-state index contributed by atoms with van der Waals surface area (Å²) in [5, 5.41) is 9.28. The largest absolute Gasteiger partial charge is 0.586 e. The molecule has 0 spiro atoms. The lowest BCUT2D eigenvalue weighted by atomic mass is 10.0. The molecule has 4 N–H and O–H groups in total. The molecule has 0 atom stereocenters. The molecule has 2 aromatic heterocycles. The molecule has 0 unspecified atom stereocenters. The molecule has 0 fully saturated rings. The molecule has 0 aliphatic carbocycles. The van der Waals surface area contributed by atoms with Gasteiger partial charge in [-0.2, -0.15) is 5.10 Å². The highest BCUT2D eigenvalue weighted by Gasteiger charge is 2.43. The molecule has 13 heteroatoms. The van der Waals surface area contributed by atoms with Crippen molar-refractivity contribution >= 4 is 34.7 Å². The van der Waals surface area contributed by atoms with Crippen LogP contribution in [0, 0.1) is 0 Å². The number of hydrogen-bond acceptors (Lipinski definition) is 8. The molecule has 3 heterocycles. The first-order valence-electron chi connectivity index (χ1n) is 10.6. The topological polar surface area (TPSA) is 142 Å². The van der Waals surface area contributed by atoms with E-state index in [1.807, 2.05) is 0 Å². The number of aromatic nitrogens is 3. The fourth-order valence-electron chi connectivity index (χ4n) is 3.73. The van der Waals surface area contributed by atoms with Crippen molar-refractivity contribution in [3.63, 3.8) is 0 Å². The Hall–Kier alpha value is -4.94. The number of urea groups is 1. The highest BCUT2D eigenvalue weighted by Crippen LogP contribution is 2.42. The average Bonchev–Trinajstić information content (AvgIpc) is 3.36. The molecule has 11 nitrogen and oxygen atoms in total. The van der Waals surface area contributed by atoms with Crippen LogP contribution in [-0.4, -0.2) is 39.5 Å². The lowest BCUT2D eigenvalue weighted by Gasteiger charge is -2.10. The zero-order chi connectivity index (χ0) is 25.4. The minimum Gasteiger partial charge on any atom is -0.462 e. The van der Waals surface area contributed by atoms with Crippen LogP contribution in [0.5, 0.6) is 11.5 Å². The van der Waals surface area contributed by atoms with E-state index in [1.165, 1.54) is 35.2 Å². The van der Waals surface area contributed by atoms with Gasteiger partial charge in [-0.15, -0.1) is 8.78 Å². The number of benzene rings is 2. The molecular formula is C23H18F2N6O5. The number of rotatable bonds is 5. The summed E-state index contributed by atoms with van der Waals surface area (Å²) in [5.74, 6) is -0.686. The van der Waals surface area contributed by atoms with Gasteiger partial charge in [-0.05, 0) is 36.8 Å². The van der Waals surface area contributed by atoms with E-state index >= 15 is 0 Å². The molecule has 0 saturated heterocycles. The van der Waals surface area contributed by atoms with Gasteiger partial charge in [0.1, 0.15) is 11.8 Å². The van der Waals surface area contributed by atoms with E-state index in [9.17, 15) is 18.4 Å². The molecule has 0 saturated carbocycles. The maximum absolute atomic E-state index is 13.2. The zero-order valence-corrected chi connectivity index (χ0v) is 18.6. The van der Waals surface area contributed by atoms with Crippen LogP contribution in [0.15, 0.2) is 55.0 Å². The summed E-state index contributed by atoms with van der Waals surface area (Å²) in [6.07, 6.45) is -0.958. The summed E-state index contributed by atoms with van der Waals surface area (Å²) >= 11 is 0. The molecule has 2 aromatic carbocycles.